The van der Waals surface area contributed by atoms with E-state index in [1.807, 2.05) is 6.92 Å². The molecule has 0 aromatic carbocycles. The maximum absolute atomic E-state index is 12.6. The number of carboxylic acid groups (broad SMARTS) is 1. The third kappa shape index (κ3) is 2.58. The fraction of sp³-hybridized carbons (Fsp3) is 0.615. The molecule has 0 atom stereocenters. The molecule has 2 heterocycles. The Kier molecular flexibility index (Phi) is 3.90. The summed E-state index contributed by atoms with van der Waals surface area (Å²) < 4.78 is 31.4. The van der Waals surface area contributed by atoms with E-state index in [1.54, 1.807) is 0 Å². The van der Waals surface area contributed by atoms with Crippen LogP contribution < -0.4 is 0 Å². The zero-order valence-electron chi connectivity index (χ0n) is 12.2. The van der Waals surface area contributed by atoms with Crippen molar-refractivity contribution in [1.82, 2.24) is 4.31 Å². The van der Waals surface area contributed by atoms with E-state index in [4.69, 9.17) is 4.42 Å². The van der Waals surface area contributed by atoms with Crippen LogP contribution >= 0.6 is 0 Å². The predicted molar refractivity (Wildman–Crippen MR) is 73.8 cm³/mol. The van der Waals surface area contributed by atoms with Gasteiger partial charge in [-0.2, -0.15) is 4.31 Å². The molecular formula is C13H19NO6S. The second-order valence-electron chi connectivity index (χ2n) is 5.47. The van der Waals surface area contributed by atoms with Gasteiger partial charge in [-0.1, -0.05) is 13.3 Å². The summed E-state index contributed by atoms with van der Waals surface area (Å²) >= 11 is 0. The first-order valence-corrected chi connectivity index (χ1v) is 8.12. The highest BCUT2D eigenvalue weighted by atomic mass is 32.2. The van der Waals surface area contributed by atoms with Gasteiger partial charge in [0.1, 0.15) is 22.0 Å². The highest BCUT2D eigenvalue weighted by Gasteiger charge is 2.48. The van der Waals surface area contributed by atoms with Gasteiger partial charge in [0.05, 0.1) is 5.60 Å². The second-order valence-corrected chi connectivity index (χ2v) is 7.35. The highest BCUT2D eigenvalue weighted by Crippen LogP contribution is 2.35. The largest absolute Gasteiger partial charge is 0.478 e. The molecule has 0 bridgehead atoms. The normalized spacial score (nSPS) is 18.5. The number of sulfonamides is 1. The van der Waals surface area contributed by atoms with Gasteiger partial charge in [0.2, 0.25) is 10.0 Å². The van der Waals surface area contributed by atoms with Crippen LogP contribution in [-0.4, -0.2) is 47.6 Å². The average molecular weight is 317 g/mol. The summed E-state index contributed by atoms with van der Waals surface area (Å²) in [5.41, 5.74) is -1.35. The minimum atomic E-state index is -3.98. The number of β-amino-alcohol motifs (C(OH)–C–C–N with tert-alkyl or cyclic N) is 1. The van der Waals surface area contributed by atoms with E-state index in [-0.39, 0.29) is 35.1 Å². The van der Waals surface area contributed by atoms with Crippen LogP contribution in [0.3, 0.4) is 0 Å². The number of aryl methyl sites for hydroxylation is 2. The molecule has 8 heteroatoms. The van der Waals surface area contributed by atoms with Gasteiger partial charge in [0.15, 0.2) is 0 Å². The summed E-state index contributed by atoms with van der Waals surface area (Å²) in [5.74, 6) is -1.23. The lowest BCUT2D eigenvalue weighted by atomic mass is 9.92. The Balaban J connectivity index is 2.37. The van der Waals surface area contributed by atoms with Crippen LogP contribution in [0.4, 0.5) is 0 Å². The van der Waals surface area contributed by atoms with Crippen LogP contribution in [0.15, 0.2) is 9.31 Å². The van der Waals surface area contributed by atoms with Crippen molar-refractivity contribution in [1.29, 1.82) is 0 Å². The van der Waals surface area contributed by atoms with Gasteiger partial charge in [-0.3, -0.25) is 0 Å². The van der Waals surface area contributed by atoms with Crippen LogP contribution in [-0.2, 0) is 10.0 Å². The quantitative estimate of drug-likeness (QED) is 0.843. The van der Waals surface area contributed by atoms with Gasteiger partial charge in [-0.25, -0.2) is 13.2 Å². The highest BCUT2D eigenvalue weighted by molar-refractivity contribution is 7.89. The molecule has 21 heavy (non-hydrogen) atoms. The zero-order valence-corrected chi connectivity index (χ0v) is 13.0. The Labute approximate surface area is 123 Å². The third-order valence-corrected chi connectivity index (χ3v) is 5.62. The summed E-state index contributed by atoms with van der Waals surface area (Å²) in [6.45, 7) is 4.70. The topological polar surface area (TPSA) is 108 Å². The minimum absolute atomic E-state index is 0.0219. The Morgan fingerprint density at radius 3 is 2.38 bits per heavy atom. The van der Waals surface area contributed by atoms with Gasteiger partial charge >= 0.3 is 5.97 Å². The van der Waals surface area contributed by atoms with E-state index < -0.39 is 21.6 Å². The molecule has 1 aromatic rings. The van der Waals surface area contributed by atoms with E-state index in [2.05, 4.69) is 0 Å². The molecule has 1 saturated heterocycles. The Bertz CT molecular complexity index is 669. The number of carbonyl (C=O) groups is 1. The van der Waals surface area contributed by atoms with E-state index in [0.717, 1.165) is 10.7 Å². The van der Waals surface area contributed by atoms with E-state index in [9.17, 15) is 23.4 Å². The third-order valence-electron chi connectivity index (χ3n) is 3.67. The van der Waals surface area contributed by atoms with Crippen molar-refractivity contribution in [2.75, 3.05) is 13.1 Å². The van der Waals surface area contributed by atoms with Crippen LogP contribution in [0.2, 0.25) is 0 Å². The van der Waals surface area contributed by atoms with E-state index >= 15 is 0 Å². The van der Waals surface area contributed by atoms with E-state index in [0.29, 0.717) is 6.42 Å². The van der Waals surface area contributed by atoms with Gasteiger partial charge < -0.3 is 14.6 Å². The van der Waals surface area contributed by atoms with Gasteiger partial charge in [0, 0.05) is 13.1 Å². The fourth-order valence-corrected chi connectivity index (χ4v) is 4.73. The number of hydrogen-bond acceptors (Lipinski definition) is 5. The summed E-state index contributed by atoms with van der Waals surface area (Å²) in [6.07, 6.45) is 1.25. The lowest BCUT2D eigenvalue weighted by molar-refractivity contribution is -0.0653. The number of aliphatic hydroxyl groups is 1. The molecule has 0 saturated carbocycles. The summed E-state index contributed by atoms with van der Waals surface area (Å²) in [7, 11) is -3.98. The first-order chi connectivity index (χ1) is 9.62. The van der Waals surface area contributed by atoms with Gasteiger partial charge in [-0.15, -0.1) is 0 Å². The van der Waals surface area contributed by atoms with E-state index in [1.165, 1.54) is 13.8 Å². The Morgan fingerprint density at radius 1 is 1.33 bits per heavy atom. The molecule has 1 aliphatic rings. The molecule has 0 aliphatic carbocycles. The molecule has 118 valence electrons. The summed E-state index contributed by atoms with van der Waals surface area (Å²) in [6, 6.07) is 0. The standard InChI is InChI=1S/C13H19NO6S/c1-4-5-13(17)6-14(7-13)21(18,19)11-9(3)20-8(2)10(11)12(15)16/h17H,4-7H2,1-3H3,(H,15,16). The van der Waals surface area contributed by atoms with Crippen molar-refractivity contribution >= 4 is 16.0 Å². The maximum atomic E-state index is 12.6. The SMILES string of the molecule is CCCC1(O)CN(S(=O)(=O)c2c(C)oc(C)c2C(=O)O)C1. The fourth-order valence-electron chi connectivity index (χ4n) is 2.75. The van der Waals surface area contributed by atoms with Crippen LogP contribution in [0.5, 0.6) is 0 Å². The second kappa shape index (κ2) is 5.11. The lowest BCUT2D eigenvalue weighted by Gasteiger charge is -2.45. The van der Waals surface area contributed by atoms with Crippen LogP contribution in [0.25, 0.3) is 0 Å². The molecule has 0 unspecified atom stereocenters. The molecule has 2 rings (SSSR count). The molecule has 0 spiro atoms. The van der Waals surface area contributed by atoms with Crippen molar-refractivity contribution < 1.29 is 27.8 Å². The molecule has 0 radical (unpaired) electrons. The molecule has 0 amide bonds. The van der Waals surface area contributed by atoms with Gasteiger partial charge in [0.25, 0.3) is 0 Å². The zero-order chi connectivity index (χ0) is 16.0. The molecule has 1 aliphatic heterocycles. The van der Waals surface area contributed by atoms with Crippen molar-refractivity contribution in [2.45, 2.75) is 44.1 Å². The van der Waals surface area contributed by atoms with Crippen molar-refractivity contribution in [3.8, 4) is 0 Å². The number of rotatable bonds is 5. The number of carboxylic acids is 1. The average Bonchev–Trinajstić information content (AvgIpc) is 2.61. The van der Waals surface area contributed by atoms with Gasteiger partial charge in [-0.05, 0) is 20.3 Å². The van der Waals surface area contributed by atoms with Crippen molar-refractivity contribution in [3.63, 3.8) is 0 Å². The van der Waals surface area contributed by atoms with Crippen molar-refractivity contribution in [3.05, 3.63) is 17.1 Å². The first kappa shape index (κ1) is 16.0. The first-order valence-electron chi connectivity index (χ1n) is 6.68. The smallest absolute Gasteiger partial charge is 0.340 e. The number of hydrogen-bond donors (Lipinski definition) is 2. The predicted octanol–water partition coefficient (Wildman–Crippen LogP) is 1.13. The molecule has 7 nitrogen and oxygen atoms in total. The molecule has 2 N–H and O–H groups in total. The Morgan fingerprint density at radius 2 is 1.90 bits per heavy atom. The minimum Gasteiger partial charge on any atom is -0.478 e. The molecular weight excluding hydrogens is 298 g/mol. The summed E-state index contributed by atoms with van der Waals surface area (Å²) in [5, 5.41) is 19.3. The van der Waals surface area contributed by atoms with Crippen LogP contribution in [0, 0.1) is 13.8 Å². The maximum Gasteiger partial charge on any atom is 0.340 e. The van der Waals surface area contributed by atoms with Crippen LogP contribution in [0.1, 0.15) is 41.6 Å². The lowest BCUT2D eigenvalue weighted by Crippen LogP contribution is -2.63. The molecule has 1 fully saturated rings. The number of aromatic carboxylic acids is 1. The number of nitrogens with zero attached hydrogens (tertiary/aromatic N) is 1. The summed E-state index contributed by atoms with van der Waals surface area (Å²) in [4.78, 5) is 11.0. The number of furan rings is 1. The Hall–Kier alpha value is -1.38. The molecule has 1 aromatic heterocycles. The van der Waals surface area contributed by atoms with Crippen molar-refractivity contribution in [2.24, 2.45) is 0 Å². The monoisotopic (exact) mass is 317 g/mol.